The van der Waals surface area contributed by atoms with Gasteiger partial charge in [-0.25, -0.2) is 15.0 Å². The van der Waals surface area contributed by atoms with E-state index in [-0.39, 0.29) is 0 Å². The van der Waals surface area contributed by atoms with Crippen LogP contribution in [0.5, 0.6) is 0 Å². The van der Waals surface area contributed by atoms with E-state index in [1.807, 2.05) is 18.3 Å². The smallest absolute Gasteiger partial charge is 0.178 e. The monoisotopic (exact) mass is 435 g/mol. The highest BCUT2D eigenvalue weighted by Crippen LogP contribution is 2.38. The lowest BCUT2D eigenvalue weighted by Crippen LogP contribution is -1.95. The number of para-hydroxylation sites is 2. The largest absolute Gasteiger partial charge is 0.309 e. The summed E-state index contributed by atoms with van der Waals surface area (Å²) in [6.45, 7) is 0. The normalized spacial score (nSPS) is 12.1. The van der Waals surface area contributed by atoms with Crippen LogP contribution in [0.25, 0.3) is 66.1 Å². The van der Waals surface area contributed by atoms with Gasteiger partial charge in [-0.1, -0.05) is 36.4 Å². The van der Waals surface area contributed by atoms with Crippen molar-refractivity contribution in [2.24, 2.45) is 0 Å². The van der Waals surface area contributed by atoms with Crippen molar-refractivity contribution in [1.29, 1.82) is 0 Å². The van der Waals surface area contributed by atoms with E-state index in [1.165, 1.54) is 21.8 Å². The lowest BCUT2D eigenvalue weighted by atomic mass is 10.0. The zero-order chi connectivity index (χ0) is 22.2. The third kappa shape index (κ3) is 2.20. The van der Waals surface area contributed by atoms with Crippen LogP contribution >= 0.6 is 0 Å². The first-order chi connectivity index (χ1) is 16.9. The number of aromatic nitrogens is 5. The number of pyridine rings is 3. The molecule has 5 heteroatoms. The van der Waals surface area contributed by atoms with E-state index < -0.39 is 0 Å². The van der Waals surface area contributed by atoms with Crippen LogP contribution in [0.3, 0.4) is 0 Å². The number of hydrogen-bond donors (Lipinski definition) is 0. The number of fused-ring (bicyclic) bond motifs is 11. The van der Waals surface area contributed by atoms with Crippen molar-refractivity contribution in [2.45, 2.75) is 0 Å². The highest BCUT2D eigenvalue weighted by molar-refractivity contribution is 6.21. The minimum Gasteiger partial charge on any atom is -0.309 e. The van der Waals surface area contributed by atoms with Crippen LogP contribution in [0.2, 0.25) is 0 Å². The molecular weight excluding hydrogens is 418 g/mol. The van der Waals surface area contributed by atoms with E-state index >= 15 is 0 Å². The zero-order valence-electron chi connectivity index (χ0n) is 18.1. The molecule has 3 aromatic carbocycles. The summed E-state index contributed by atoms with van der Waals surface area (Å²) < 4.78 is 4.49. The van der Waals surface area contributed by atoms with Gasteiger partial charge < -0.3 is 4.57 Å². The molecule has 0 fully saturated rings. The summed E-state index contributed by atoms with van der Waals surface area (Å²) in [6, 6.07) is 31.9. The molecule has 0 aliphatic rings. The summed E-state index contributed by atoms with van der Waals surface area (Å²) in [5.41, 5.74) is 6.97. The Morgan fingerprint density at radius 3 is 2.21 bits per heavy atom. The van der Waals surface area contributed by atoms with Gasteiger partial charge in [-0.2, -0.15) is 0 Å². The zero-order valence-corrected chi connectivity index (χ0v) is 18.1. The van der Waals surface area contributed by atoms with Crippen LogP contribution in [-0.4, -0.2) is 23.9 Å². The molecule has 0 saturated carbocycles. The maximum atomic E-state index is 4.95. The van der Waals surface area contributed by atoms with Gasteiger partial charge in [-0.3, -0.25) is 4.40 Å². The Hall–Kier alpha value is -4.77. The molecule has 0 spiro atoms. The molecule has 5 nitrogen and oxygen atoms in total. The van der Waals surface area contributed by atoms with E-state index in [4.69, 9.17) is 9.97 Å². The molecule has 8 rings (SSSR count). The van der Waals surface area contributed by atoms with Crippen LogP contribution in [0.4, 0.5) is 0 Å². The SMILES string of the molecule is c1ccc(-n2c3ccccc3c3cc4c(cc32)c2cccnc2n2c3cccnc3nc42)cc1. The van der Waals surface area contributed by atoms with Crippen molar-refractivity contribution >= 4 is 60.4 Å². The molecular formula is C29H17N5. The van der Waals surface area contributed by atoms with Crippen LogP contribution in [0.1, 0.15) is 0 Å². The lowest BCUT2D eigenvalue weighted by molar-refractivity contribution is 1.18. The second-order valence-electron chi connectivity index (χ2n) is 8.59. The second kappa shape index (κ2) is 6.39. The maximum absolute atomic E-state index is 4.95. The molecule has 0 amide bonds. The van der Waals surface area contributed by atoms with Gasteiger partial charge in [-0.15, -0.1) is 0 Å². The van der Waals surface area contributed by atoms with Crippen molar-refractivity contribution in [3.8, 4) is 5.69 Å². The fourth-order valence-electron chi connectivity index (χ4n) is 5.37. The van der Waals surface area contributed by atoms with E-state index in [0.717, 1.165) is 44.3 Å². The van der Waals surface area contributed by atoms with Crippen molar-refractivity contribution in [2.75, 3.05) is 0 Å². The van der Waals surface area contributed by atoms with Gasteiger partial charge in [0.15, 0.2) is 5.65 Å². The van der Waals surface area contributed by atoms with E-state index in [9.17, 15) is 0 Å². The van der Waals surface area contributed by atoms with Gasteiger partial charge >= 0.3 is 0 Å². The average Bonchev–Trinajstić information content (AvgIpc) is 3.44. The molecule has 0 unspecified atom stereocenters. The van der Waals surface area contributed by atoms with Gasteiger partial charge in [0, 0.05) is 39.6 Å². The van der Waals surface area contributed by atoms with Gasteiger partial charge in [0.05, 0.1) is 16.6 Å². The molecule has 5 heterocycles. The number of rotatable bonds is 1. The first kappa shape index (κ1) is 17.7. The molecule has 34 heavy (non-hydrogen) atoms. The molecule has 0 bridgehead atoms. The van der Waals surface area contributed by atoms with Crippen LogP contribution in [-0.2, 0) is 0 Å². The topological polar surface area (TPSA) is 48.0 Å². The van der Waals surface area contributed by atoms with Crippen LogP contribution in [0, 0.1) is 0 Å². The number of nitrogens with zero attached hydrogens (tertiary/aromatic N) is 5. The minimum absolute atomic E-state index is 0.730. The Labute approximate surface area is 193 Å². The van der Waals surface area contributed by atoms with Gasteiger partial charge in [-0.05, 0) is 60.0 Å². The molecule has 0 radical (unpaired) electrons. The summed E-state index contributed by atoms with van der Waals surface area (Å²) in [5.74, 6) is 0. The quantitative estimate of drug-likeness (QED) is 0.270. The minimum atomic E-state index is 0.730. The Morgan fingerprint density at radius 1 is 0.500 bits per heavy atom. The van der Waals surface area contributed by atoms with Crippen LogP contribution < -0.4 is 0 Å². The lowest BCUT2D eigenvalue weighted by Gasteiger charge is -2.10. The Bertz CT molecular complexity index is 2070. The summed E-state index contributed by atoms with van der Waals surface area (Å²) in [4.78, 5) is 14.2. The third-order valence-electron chi connectivity index (χ3n) is 6.79. The summed E-state index contributed by atoms with van der Waals surface area (Å²) in [5, 5.41) is 5.76. The maximum Gasteiger partial charge on any atom is 0.178 e. The highest BCUT2D eigenvalue weighted by Gasteiger charge is 2.18. The van der Waals surface area contributed by atoms with Gasteiger partial charge in [0.25, 0.3) is 0 Å². The second-order valence-corrected chi connectivity index (χ2v) is 8.59. The number of hydrogen-bond acceptors (Lipinski definition) is 3. The summed E-state index contributed by atoms with van der Waals surface area (Å²) in [7, 11) is 0. The van der Waals surface area contributed by atoms with E-state index in [2.05, 4.69) is 92.8 Å². The molecule has 0 N–H and O–H groups in total. The fraction of sp³-hybridized carbons (Fsp3) is 0. The standard InChI is InChI=1S/C29H17N5/c1-2-8-18(9-3-1)33-24-12-5-4-10-19(24)22-16-23-21(17-26(22)33)20-11-6-15-31-28(20)34-25-13-7-14-30-27(25)32-29(23)34/h1-17H. The Morgan fingerprint density at radius 2 is 1.26 bits per heavy atom. The number of benzene rings is 3. The van der Waals surface area contributed by atoms with Crippen molar-refractivity contribution in [3.05, 3.63) is 103 Å². The van der Waals surface area contributed by atoms with Crippen molar-refractivity contribution in [3.63, 3.8) is 0 Å². The molecule has 5 aromatic heterocycles. The fourth-order valence-corrected chi connectivity index (χ4v) is 5.37. The highest BCUT2D eigenvalue weighted by atomic mass is 15.1. The molecule has 0 aliphatic heterocycles. The van der Waals surface area contributed by atoms with Gasteiger partial charge in [0.1, 0.15) is 11.3 Å². The number of imidazole rings is 1. The van der Waals surface area contributed by atoms with E-state index in [0.29, 0.717) is 0 Å². The molecule has 0 saturated heterocycles. The van der Waals surface area contributed by atoms with Gasteiger partial charge in [0.2, 0.25) is 0 Å². The predicted molar refractivity (Wildman–Crippen MR) is 138 cm³/mol. The molecule has 0 aliphatic carbocycles. The first-order valence-corrected chi connectivity index (χ1v) is 11.3. The molecule has 0 atom stereocenters. The van der Waals surface area contributed by atoms with Crippen molar-refractivity contribution < 1.29 is 0 Å². The third-order valence-corrected chi connectivity index (χ3v) is 6.79. The first-order valence-electron chi connectivity index (χ1n) is 11.3. The van der Waals surface area contributed by atoms with E-state index in [1.54, 1.807) is 6.20 Å². The average molecular weight is 435 g/mol. The predicted octanol–water partition coefficient (Wildman–Crippen LogP) is 6.68. The molecule has 158 valence electrons. The van der Waals surface area contributed by atoms with Crippen LogP contribution in [0.15, 0.2) is 103 Å². The Balaban J connectivity index is 1.67. The molecule has 8 aromatic rings. The summed E-state index contributed by atoms with van der Waals surface area (Å²) in [6.07, 6.45) is 3.63. The Kier molecular flexibility index (Phi) is 3.34. The summed E-state index contributed by atoms with van der Waals surface area (Å²) >= 11 is 0. The van der Waals surface area contributed by atoms with Crippen molar-refractivity contribution in [1.82, 2.24) is 23.9 Å².